The first-order valence-corrected chi connectivity index (χ1v) is 8.01. The summed E-state index contributed by atoms with van der Waals surface area (Å²) in [6, 6.07) is 8.24. The lowest BCUT2D eigenvalue weighted by atomic mass is 9.96. The summed E-state index contributed by atoms with van der Waals surface area (Å²) in [7, 11) is 0. The monoisotopic (exact) mass is 300 g/mol. The van der Waals surface area contributed by atoms with E-state index in [2.05, 4.69) is 17.4 Å². The molecule has 4 heteroatoms. The molecule has 1 saturated carbocycles. The first-order valence-electron chi connectivity index (χ1n) is 8.01. The maximum atomic E-state index is 12.9. The van der Waals surface area contributed by atoms with E-state index in [1.54, 1.807) is 0 Å². The first-order chi connectivity index (χ1) is 10.3. The summed E-state index contributed by atoms with van der Waals surface area (Å²) in [4.78, 5) is 27.3. The molecule has 1 fully saturated rings. The molecule has 0 unspecified atom stereocenters. The molecular formula is C18H24N2O2. The van der Waals surface area contributed by atoms with Crippen molar-refractivity contribution in [1.29, 1.82) is 0 Å². The molecular weight excluding hydrogens is 276 g/mol. The van der Waals surface area contributed by atoms with Crippen LogP contribution in [0.5, 0.6) is 0 Å². The summed E-state index contributed by atoms with van der Waals surface area (Å²) in [5.41, 5.74) is 1.41. The lowest BCUT2D eigenvalue weighted by Crippen LogP contribution is -2.51. The Hall–Kier alpha value is -1.84. The highest BCUT2D eigenvalue weighted by Gasteiger charge is 2.58. The van der Waals surface area contributed by atoms with Gasteiger partial charge >= 0.3 is 0 Å². The van der Waals surface area contributed by atoms with Gasteiger partial charge < -0.3 is 10.2 Å². The van der Waals surface area contributed by atoms with Crippen LogP contribution in [-0.2, 0) is 22.6 Å². The topological polar surface area (TPSA) is 49.4 Å². The van der Waals surface area contributed by atoms with Crippen molar-refractivity contribution in [2.45, 2.75) is 52.1 Å². The Balaban J connectivity index is 1.74. The minimum absolute atomic E-state index is 0.00348. The second-order valence-corrected chi connectivity index (χ2v) is 7.53. The molecule has 2 amide bonds. The van der Waals surface area contributed by atoms with Gasteiger partial charge in [0.1, 0.15) is 5.41 Å². The number of hydrogen-bond acceptors (Lipinski definition) is 2. The molecule has 1 aliphatic heterocycles. The fourth-order valence-corrected chi connectivity index (χ4v) is 3.10. The summed E-state index contributed by atoms with van der Waals surface area (Å²) in [6.07, 6.45) is 2.22. The van der Waals surface area contributed by atoms with Gasteiger partial charge in [0.05, 0.1) is 0 Å². The zero-order valence-corrected chi connectivity index (χ0v) is 13.6. The number of carbonyl (C=O) groups is 2. The summed E-state index contributed by atoms with van der Waals surface area (Å²) in [6.45, 7) is 7.17. The second kappa shape index (κ2) is 5.11. The molecule has 2 aliphatic rings. The molecule has 118 valence electrons. The predicted molar refractivity (Wildman–Crippen MR) is 85.1 cm³/mol. The molecule has 1 aliphatic carbocycles. The fraction of sp³-hybridized carbons (Fsp3) is 0.556. The standard InChI is InChI=1S/C18H24N2O2/c1-17(2,3)19-15(21)18(9-10-18)16(22)20-11-8-13-6-4-5-7-14(13)12-20/h4-7H,8-12H2,1-3H3,(H,19,21). The van der Waals surface area contributed by atoms with E-state index in [4.69, 9.17) is 0 Å². The van der Waals surface area contributed by atoms with Gasteiger partial charge in [-0.15, -0.1) is 0 Å². The fourth-order valence-electron chi connectivity index (χ4n) is 3.10. The van der Waals surface area contributed by atoms with Crippen LogP contribution in [-0.4, -0.2) is 28.8 Å². The summed E-state index contributed by atoms with van der Waals surface area (Å²) < 4.78 is 0. The Morgan fingerprint density at radius 2 is 1.77 bits per heavy atom. The van der Waals surface area contributed by atoms with E-state index in [-0.39, 0.29) is 17.4 Å². The maximum Gasteiger partial charge on any atom is 0.238 e. The number of nitrogens with zero attached hydrogens (tertiary/aromatic N) is 1. The lowest BCUT2D eigenvalue weighted by Gasteiger charge is -2.32. The summed E-state index contributed by atoms with van der Waals surface area (Å²) >= 11 is 0. The van der Waals surface area contributed by atoms with Crippen LogP contribution in [0.1, 0.15) is 44.7 Å². The van der Waals surface area contributed by atoms with Crippen LogP contribution < -0.4 is 5.32 Å². The molecule has 0 aromatic heterocycles. The Kier molecular flexibility index (Phi) is 3.50. The van der Waals surface area contributed by atoms with Gasteiger partial charge in [-0.1, -0.05) is 24.3 Å². The van der Waals surface area contributed by atoms with Gasteiger partial charge in [-0.3, -0.25) is 9.59 Å². The van der Waals surface area contributed by atoms with Gasteiger partial charge in [0.15, 0.2) is 0 Å². The number of benzene rings is 1. The number of fused-ring (bicyclic) bond motifs is 1. The SMILES string of the molecule is CC(C)(C)NC(=O)C1(C(=O)N2CCc3ccccc3C2)CC1. The van der Waals surface area contributed by atoms with E-state index in [1.165, 1.54) is 11.1 Å². The Bertz CT molecular complexity index is 612. The van der Waals surface area contributed by atoms with E-state index in [0.717, 1.165) is 6.42 Å². The normalized spacial score (nSPS) is 19.3. The highest BCUT2D eigenvalue weighted by Crippen LogP contribution is 2.48. The maximum absolute atomic E-state index is 12.9. The third kappa shape index (κ3) is 2.74. The van der Waals surface area contributed by atoms with Crippen LogP contribution in [0.15, 0.2) is 24.3 Å². The van der Waals surface area contributed by atoms with Crippen molar-refractivity contribution in [3.63, 3.8) is 0 Å². The molecule has 1 aromatic carbocycles. The Morgan fingerprint density at radius 1 is 1.14 bits per heavy atom. The van der Waals surface area contributed by atoms with E-state index in [9.17, 15) is 9.59 Å². The quantitative estimate of drug-likeness (QED) is 0.852. The molecule has 22 heavy (non-hydrogen) atoms. The molecule has 3 rings (SSSR count). The van der Waals surface area contributed by atoms with Crippen LogP contribution >= 0.6 is 0 Å². The molecule has 1 aromatic rings. The van der Waals surface area contributed by atoms with E-state index >= 15 is 0 Å². The van der Waals surface area contributed by atoms with Gasteiger partial charge in [0.2, 0.25) is 11.8 Å². The molecule has 1 N–H and O–H groups in total. The van der Waals surface area contributed by atoms with Crippen LogP contribution in [0.25, 0.3) is 0 Å². The van der Waals surface area contributed by atoms with E-state index in [0.29, 0.717) is 25.9 Å². The number of rotatable bonds is 2. The van der Waals surface area contributed by atoms with Gasteiger partial charge in [-0.25, -0.2) is 0 Å². The van der Waals surface area contributed by atoms with Crippen molar-refractivity contribution in [1.82, 2.24) is 10.2 Å². The van der Waals surface area contributed by atoms with Crippen molar-refractivity contribution >= 4 is 11.8 Å². The van der Waals surface area contributed by atoms with Crippen molar-refractivity contribution in [3.05, 3.63) is 35.4 Å². The van der Waals surface area contributed by atoms with E-state index in [1.807, 2.05) is 37.8 Å². The van der Waals surface area contributed by atoms with Gasteiger partial charge in [-0.05, 0) is 51.2 Å². The average Bonchev–Trinajstić information content (AvgIpc) is 3.26. The smallest absolute Gasteiger partial charge is 0.238 e. The van der Waals surface area contributed by atoms with Crippen LogP contribution in [0.4, 0.5) is 0 Å². The van der Waals surface area contributed by atoms with Gasteiger partial charge in [0, 0.05) is 18.6 Å². The molecule has 0 atom stereocenters. The molecule has 1 heterocycles. The van der Waals surface area contributed by atoms with Crippen molar-refractivity contribution in [2.24, 2.45) is 5.41 Å². The van der Waals surface area contributed by atoms with Crippen molar-refractivity contribution in [2.75, 3.05) is 6.54 Å². The lowest BCUT2D eigenvalue weighted by molar-refractivity contribution is -0.145. The van der Waals surface area contributed by atoms with E-state index < -0.39 is 5.41 Å². The summed E-state index contributed by atoms with van der Waals surface area (Å²) in [5.74, 6) is -0.104. The summed E-state index contributed by atoms with van der Waals surface area (Å²) in [5, 5.41) is 2.97. The first kappa shape index (κ1) is 15.1. The zero-order valence-electron chi connectivity index (χ0n) is 13.6. The highest BCUT2D eigenvalue weighted by molar-refractivity contribution is 6.08. The van der Waals surface area contributed by atoms with Crippen molar-refractivity contribution in [3.8, 4) is 0 Å². The van der Waals surface area contributed by atoms with Crippen LogP contribution in [0.2, 0.25) is 0 Å². The van der Waals surface area contributed by atoms with Crippen molar-refractivity contribution < 1.29 is 9.59 Å². The third-order valence-corrected chi connectivity index (χ3v) is 4.50. The Labute approximate surface area is 131 Å². The molecule has 0 spiro atoms. The third-order valence-electron chi connectivity index (χ3n) is 4.50. The minimum Gasteiger partial charge on any atom is -0.351 e. The molecule has 0 radical (unpaired) electrons. The number of hydrogen-bond donors (Lipinski definition) is 1. The van der Waals surface area contributed by atoms with Gasteiger partial charge in [0.25, 0.3) is 0 Å². The number of carbonyl (C=O) groups excluding carboxylic acids is 2. The van der Waals surface area contributed by atoms with Crippen LogP contribution in [0, 0.1) is 5.41 Å². The predicted octanol–water partition coefficient (Wildman–Crippen LogP) is 2.27. The number of nitrogens with one attached hydrogen (secondary N) is 1. The average molecular weight is 300 g/mol. The largest absolute Gasteiger partial charge is 0.351 e. The minimum atomic E-state index is -0.806. The molecule has 4 nitrogen and oxygen atoms in total. The second-order valence-electron chi connectivity index (χ2n) is 7.53. The van der Waals surface area contributed by atoms with Gasteiger partial charge in [-0.2, -0.15) is 0 Å². The molecule has 0 bridgehead atoms. The van der Waals surface area contributed by atoms with Crippen LogP contribution in [0.3, 0.4) is 0 Å². The highest BCUT2D eigenvalue weighted by atomic mass is 16.2. The zero-order chi connectivity index (χ0) is 16.0. The molecule has 0 saturated heterocycles. The Morgan fingerprint density at radius 3 is 2.36 bits per heavy atom. The number of amides is 2.